The van der Waals surface area contributed by atoms with E-state index in [-0.39, 0.29) is 29.0 Å². The number of unbranched alkanes of at least 4 members (excludes halogenated alkanes) is 4. The monoisotopic (exact) mass is 832 g/mol. The van der Waals surface area contributed by atoms with Crippen molar-refractivity contribution in [2.24, 2.45) is 11.8 Å². The van der Waals surface area contributed by atoms with E-state index in [0.29, 0.717) is 45.4 Å². The van der Waals surface area contributed by atoms with Crippen LogP contribution in [0.15, 0.2) is 48.5 Å². The molecule has 2 N–H and O–H groups in total. The summed E-state index contributed by atoms with van der Waals surface area (Å²) < 4.78 is 70.9. The van der Waals surface area contributed by atoms with E-state index in [9.17, 15) is 27.7 Å². The van der Waals surface area contributed by atoms with Gasteiger partial charge in [0, 0.05) is 17.8 Å². The van der Waals surface area contributed by atoms with Gasteiger partial charge in [0.25, 0.3) is 5.69 Å². The molecule has 10 heteroatoms. The van der Waals surface area contributed by atoms with Crippen molar-refractivity contribution in [2.45, 2.75) is 156 Å². The average Bonchev–Trinajstić information content (AvgIpc) is 3.22. The molecule has 2 aliphatic rings. The fourth-order valence-corrected chi connectivity index (χ4v) is 9.33. The van der Waals surface area contributed by atoms with Crippen LogP contribution in [0.5, 0.6) is 23.0 Å². The zero-order valence-electron chi connectivity index (χ0n) is 36.4. The number of nitro groups is 1. The van der Waals surface area contributed by atoms with Crippen molar-refractivity contribution in [1.82, 2.24) is 0 Å². The standard InChI is InChI=1S/C25H31F2NO3.C25H33F2NO/c1-4-5-6-7-18-8-10-19(11-9-18)21-12-13-22(24(27)23(21)26)31-25-16(2)14-20(28(29)30)15-17(25)3;1-4-5-6-7-18-8-10-19(11-9-18)21-12-13-22(24(27)23(21)26)29-25-16(2)14-20(28)15-17(25)3/h12-15,18-19H,4-11H2,1-3H3;12-15,18-19H,4-11,28H2,1-3H3. The molecule has 0 aliphatic heterocycles. The molecule has 0 unspecified atom stereocenters. The molecular formula is C50H64F4N2O4. The minimum atomic E-state index is -1.00. The van der Waals surface area contributed by atoms with Crippen molar-refractivity contribution in [1.29, 1.82) is 0 Å². The van der Waals surface area contributed by atoms with E-state index in [1.54, 1.807) is 44.2 Å². The third kappa shape index (κ3) is 11.8. The number of nitrogen functional groups attached to an aromatic ring is 1. The Morgan fingerprint density at radius 1 is 0.583 bits per heavy atom. The summed E-state index contributed by atoms with van der Waals surface area (Å²) in [6.45, 7) is 11.4. The van der Waals surface area contributed by atoms with Gasteiger partial charge < -0.3 is 15.2 Å². The second-order valence-electron chi connectivity index (χ2n) is 17.3. The second-order valence-corrected chi connectivity index (χ2v) is 17.3. The summed E-state index contributed by atoms with van der Waals surface area (Å²) in [5, 5.41) is 11.0. The quantitative estimate of drug-likeness (QED) is 0.0424. The van der Waals surface area contributed by atoms with E-state index in [0.717, 1.165) is 68.4 Å². The van der Waals surface area contributed by atoms with Crippen LogP contribution >= 0.6 is 0 Å². The molecule has 6 nitrogen and oxygen atoms in total. The molecule has 2 aliphatic carbocycles. The number of nitrogens with two attached hydrogens (primary N) is 1. The molecular weight excluding hydrogens is 769 g/mol. The van der Waals surface area contributed by atoms with E-state index in [1.807, 2.05) is 13.8 Å². The normalized spacial score (nSPS) is 19.0. The number of halogens is 4. The third-order valence-electron chi connectivity index (χ3n) is 12.7. The molecule has 0 bridgehead atoms. The lowest BCUT2D eigenvalue weighted by molar-refractivity contribution is -0.385. The van der Waals surface area contributed by atoms with Crippen molar-refractivity contribution >= 4 is 11.4 Å². The Balaban J connectivity index is 0.000000228. The topological polar surface area (TPSA) is 87.6 Å². The first-order valence-corrected chi connectivity index (χ1v) is 22.2. The molecule has 0 amide bonds. The highest BCUT2D eigenvalue weighted by Crippen LogP contribution is 2.43. The number of rotatable bonds is 15. The lowest BCUT2D eigenvalue weighted by Crippen LogP contribution is -2.15. The number of nitro benzene ring substituents is 1. The van der Waals surface area contributed by atoms with Crippen LogP contribution in [0.2, 0.25) is 0 Å². The highest BCUT2D eigenvalue weighted by atomic mass is 19.2. The van der Waals surface area contributed by atoms with Gasteiger partial charge in [-0.1, -0.05) is 77.3 Å². The summed E-state index contributed by atoms with van der Waals surface area (Å²) >= 11 is 0. The first kappa shape index (κ1) is 46.5. The van der Waals surface area contributed by atoms with E-state index in [4.69, 9.17) is 15.2 Å². The van der Waals surface area contributed by atoms with Gasteiger partial charge in [-0.25, -0.2) is 8.78 Å². The first-order chi connectivity index (χ1) is 28.7. The zero-order chi connectivity index (χ0) is 43.5. The highest BCUT2D eigenvalue weighted by molar-refractivity contribution is 5.54. The highest BCUT2D eigenvalue weighted by Gasteiger charge is 2.29. The molecule has 6 rings (SSSR count). The number of benzene rings is 4. The van der Waals surface area contributed by atoms with Gasteiger partial charge >= 0.3 is 0 Å². The summed E-state index contributed by atoms with van der Waals surface area (Å²) in [5.74, 6) is -1.37. The van der Waals surface area contributed by atoms with Crippen molar-refractivity contribution in [3.8, 4) is 23.0 Å². The van der Waals surface area contributed by atoms with Crippen LogP contribution in [-0.2, 0) is 0 Å². The first-order valence-electron chi connectivity index (χ1n) is 22.2. The van der Waals surface area contributed by atoms with Crippen molar-refractivity contribution in [3.63, 3.8) is 0 Å². The van der Waals surface area contributed by atoms with E-state index < -0.39 is 28.2 Å². The summed E-state index contributed by atoms with van der Waals surface area (Å²) in [6, 6.07) is 12.6. The summed E-state index contributed by atoms with van der Waals surface area (Å²) in [7, 11) is 0. The Morgan fingerprint density at radius 2 is 0.950 bits per heavy atom. The molecule has 0 atom stereocenters. The number of ether oxygens (including phenoxy) is 2. The minimum Gasteiger partial charge on any atom is -0.454 e. The molecule has 326 valence electrons. The van der Waals surface area contributed by atoms with Crippen LogP contribution in [0.4, 0.5) is 28.9 Å². The molecule has 4 aromatic rings. The number of non-ortho nitro benzene ring substituents is 1. The molecule has 4 aromatic carbocycles. The Morgan fingerprint density at radius 3 is 1.30 bits per heavy atom. The lowest BCUT2D eigenvalue weighted by atomic mass is 9.77. The molecule has 2 fully saturated rings. The average molecular weight is 833 g/mol. The second kappa shape index (κ2) is 21.8. The Kier molecular flexibility index (Phi) is 16.9. The van der Waals surface area contributed by atoms with Crippen LogP contribution < -0.4 is 15.2 Å². The SMILES string of the molecule is CCCCCC1CCC(c2ccc(Oc3c(C)cc(N)cc3C)c(F)c2F)CC1.CCCCCC1CCC(c2ccc(Oc3c(C)cc([N+](=O)[O-])cc3C)c(F)c2F)CC1. The van der Waals surface area contributed by atoms with Crippen LogP contribution in [0, 0.1) is 72.9 Å². The maximum absolute atomic E-state index is 14.9. The molecule has 0 heterocycles. The van der Waals surface area contributed by atoms with E-state index in [2.05, 4.69) is 13.8 Å². The smallest absolute Gasteiger partial charge is 0.270 e. The number of nitrogens with zero attached hydrogens (tertiary/aromatic N) is 1. The Hall–Kier alpha value is -4.60. The summed E-state index contributed by atoms with van der Waals surface area (Å²) in [5.41, 5.74) is 9.91. The summed E-state index contributed by atoms with van der Waals surface area (Å²) in [4.78, 5) is 10.5. The van der Waals surface area contributed by atoms with Gasteiger partial charge in [0.15, 0.2) is 23.1 Å². The van der Waals surface area contributed by atoms with Gasteiger partial charge in [-0.15, -0.1) is 0 Å². The van der Waals surface area contributed by atoms with Crippen molar-refractivity contribution in [3.05, 3.63) is 115 Å². The van der Waals surface area contributed by atoms with Crippen LogP contribution in [-0.4, -0.2) is 4.92 Å². The molecule has 60 heavy (non-hydrogen) atoms. The van der Waals surface area contributed by atoms with Crippen LogP contribution in [0.1, 0.15) is 162 Å². The molecule has 0 radical (unpaired) electrons. The van der Waals surface area contributed by atoms with Gasteiger partial charge in [0.2, 0.25) is 11.6 Å². The van der Waals surface area contributed by atoms with Crippen LogP contribution in [0.3, 0.4) is 0 Å². The number of anilines is 1. The van der Waals surface area contributed by atoms with E-state index in [1.165, 1.54) is 69.6 Å². The Labute approximate surface area is 354 Å². The fraction of sp³-hybridized carbons (Fsp3) is 0.520. The largest absolute Gasteiger partial charge is 0.454 e. The Bertz CT molecular complexity index is 2030. The summed E-state index contributed by atoms with van der Waals surface area (Å²) in [6.07, 6.45) is 18.0. The lowest BCUT2D eigenvalue weighted by Gasteiger charge is -2.29. The number of aryl methyl sites for hydroxylation is 4. The predicted molar refractivity (Wildman–Crippen MR) is 233 cm³/mol. The van der Waals surface area contributed by atoms with Gasteiger partial charge in [-0.3, -0.25) is 10.1 Å². The number of hydrogen-bond donors (Lipinski definition) is 1. The van der Waals surface area contributed by atoms with Gasteiger partial charge in [-0.2, -0.15) is 8.78 Å². The zero-order valence-corrected chi connectivity index (χ0v) is 36.4. The molecule has 0 saturated heterocycles. The fourth-order valence-electron chi connectivity index (χ4n) is 9.33. The predicted octanol–water partition coefficient (Wildman–Crippen LogP) is 15.9. The third-order valence-corrected chi connectivity index (χ3v) is 12.7. The van der Waals surface area contributed by atoms with Gasteiger partial charge in [0.05, 0.1) is 4.92 Å². The van der Waals surface area contributed by atoms with Crippen molar-refractivity contribution < 1.29 is 32.0 Å². The molecule has 0 aromatic heterocycles. The number of hydrogen-bond acceptors (Lipinski definition) is 5. The van der Waals surface area contributed by atoms with Crippen LogP contribution in [0.25, 0.3) is 0 Å². The molecule has 2 saturated carbocycles. The minimum absolute atomic E-state index is 0.0359. The maximum atomic E-state index is 14.9. The molecule has 0 spiro atoms. The van der Waals surface area contributed by atoms with Gasteiger partial charge in [-0.05, 0) is 160 Å². The van der Waals surface area contributed by atoms with E-state index >= 15 is 0 Å². The maximum Gasteiger partial charge on any atom is 0.270 e. The van der Waals surface area contributed by atoms with Crippen molar-refractivity contribution in [2.75, 3.05) is 5.73 Å². The van der Waals surface area contributed by atoms with Gasteiger partial charge in [0.1, 0.15) is 11.5 Å².